The maximum absolute atomic E-state index is 12.5. The molecule has 0 aliphatic carbocycles. The van der Waals surface area contributed by atoms with E-state index < -0.39 is 79.9 Å². The third kappa shape index (κ3) is 5.59. The molecule has 9 N–H and O–H groups in total. The largest absolute Gasteiger partial charge is 0.481 e. The number of aliphatic hydroxyl groups is 3. The number of primary amides is 1. The molecule has 0 saturated carbocycles. The Balaban J connectivity index is 3.38. The molecule has 1 unspecified atom stereocenters. The molecular formula is C15H26N4O9. The molecule has 0 aromatic heterocycles. The number of nitrogens with zero attached hydrogens (tertiary/aromatic N) is 1. The predicted molar refractivity (Wildman–Crippen MR) is 91.1 cm³/mol. The van der Waals surface area contributed by atoms with Gasteiger partial charge in [-0.2, -0.15) is 0 Å². The molecule has 0 radical (unpaired) electrons. The normalized spacial score (nSPS) is 28.2. The maximum Gasteiger partial charge on any atom is 0.303 e. The van der Waals surface area contributed by atoms with Gasteiger partial charge in [0.2, 0.25) is 17.7 Å². The number of rotatable bonds is 9. The fourth-order valence-electron chi connectivity index (χ4n) is 3.00. The first-order chi connectivity index (χ1) is 13.0. The van der Waals surface area contributed by atoms with E-state index in [0.29, 0.717) is 0 Å². The average molecular weight is 406 g/mol. The second-order valence-electron chi connectivity index (χ2n) is 6.31. The summed E-state index contributed by atoms with van der Waals surface area (Å²) in [5.41, 5.74) is 10.7. The van der Waals surface area contributed by atoms with Gasteiger partial charge in [-0.1, -0.05) is 0 Å². The number of hydrogen-bond acceptors (Lipinski definition) is 9. The van der Waals surface area contributed by atoms with Gasteiger partial charge in [-0.25, -0.2) is 0 Å². The van der Waals surface area contributed by atoms with Gasteiger partial charge in [-0.3, -0.25) is 19.2 Å². The molecule has 6 atom stereocenters. The van der Waals surface area contributed by atoms with E-state index in [1.165, 1.54) is 0 Å². The Labute approximate surface area is 160 Å². The van der Waals surface area contributed by atoms with Crippen molar-refractivity contribution in [2.75, 3.05) is 13.2 Å². The molecule has 3 amide bonds. The molecule has 160 valence electrons. The van der Waals surface area contributed by atoms with E-state index in [2.05, 4.69) is 5.32 Å². The molecule has 1 rings (SSSR count). The monoisotopic (exact) mass is 406 g/mol. The minimum atomic E-state index is -1.68. The highest BCUT2D eigenvalue weighted by molar-refractivity contribution is 5.88. The van der Waals surface area contributed by atoms with Gasteiger partial charge in [0.25, 0.3) is 0 Å². The lowest BCUT2D eigenvalue weighted by atomic mass is 9.94. The number of carbonyl (C=O) groups is 4. The van der Waals surface area contributed by atoms with Crippen molar-refractivity contribution >= 4 is 23.7 Å². The predicted octanol–water partition coefficient (Wildman–Crippen LogP) is -4.56. The Kier molecular flexibility index (Phi) is 8.71. The molecule has 1 heterocycles. The molecule has 13 heteroatoms. The zero-order valence-corrected chi connectivity index (χ0v) is 15.2. The van der Waals surface area contributed by atoms with E-state index >= 15 is 0 Å². The Hall–Kier alpha value is -2.32. The Bertz CT molecular complexity index is 602. The summed E-state index contributed by atoms with van der Waals surface area (Å²) in [5, 5.41) is 41.0. The number of carboxylic acids is 1. The highest BCUT2D eigenvalue weighted by atomic mass is 16.5. The number of amides is 3. The van der Waals surface area contributed by atoms with E-state index in [9.17, 15) is 34.5 Å². The van der Waals surface area contributed by atoms with Crippen LogP contribution in [-0.4, -0.2) is 98.8 Å². The summed E-state index contributed by atoms with van der Waals surface area (Å²) in [6, 6.07) is -2.90. The lowest BCUT2D eigenvalue weighted by molar-refractivity contribution is -0.235. The number of carboxylic acid groups (broad SMARTS) is 1. The highest BCUT2D eigenvalue weighted by Gasteiger charge is 2.50. The van der Waals surface area contributed by atoms with Crippen LogP contribution in [0.25, 0.3) is 0 Å². The number of nitrogens with two attached hydrogens (primary N) is 2. The van der Waals surface area contributed by atoms with Gasteiger partial charge in [-0.05, 0) is 6.42 Å². The summed E-state index contributed by atoms with van der Waals surface area (Å²) in [6.45, 7) is -0.256. The molecule has 0 aromatic carbocycles. The van der Waals surface area contributed by atoms with Crippen molar-refractivity contribution in [3.8, 4) is 0 Å². The van der Waals surface area contributed by atoms with E-state index in [1.807, 2.05) is 0 Å². The summed E-state index contributed by atoms with van der Waals surface area (Å²) in [4.78, 5) is 47.6. The fourth-order valence-corrected chi connectivity index (χ4v) is 3.00. The van der Waals surface area contributed by atoms with Gasteiger partial charge in [0.05, 0.1) is 13.2 Å². The molecule has 0 bridgehead atoms. The van der Waals surface area contributed by atoms with Gasteiger partial charge < -0.3 is 46.8 Å². The molecule has 0 aromatic rings. The first-order valence-electron chi connectivity index (χ1n) is 8.47. The molecule has 1 fully saturated rings. The second-order valence-corrected chi connectivity index (χ2v) is 6.31. The molecule has 0 spiro atoms. The number of aliphatic hydroxyl groups excluding tert-OH is 3. The zero-order valence-electron chi connectivity index (χ0n) is 15.2. The van der Waals surface area contributed by atoms with Crippen molar-refractivity contribution in [2.45, 2.75) is 56.4 Å². The SMILES string of the molecule is CC(=O)N[C@H]1C(N(C(=O)CN)[C@H](CCC(=O)O)C(N)=O)O[C@H](CO)[C@H](O)[C@@H]1O. The van der Waals surface area contributed by atoms with Gasteiger partial charge >= 0.3 is 5.97 Å². The van der Waals surface area contributed by atoms with Gasteiger partial charge in [0.15, 0.2) is 6.23 Å². The van der Waals surface area contributed by atoms with Crippen molar-refractivity contribution in [1.82, 2.24) is 10.2 Å². The van der Waals surface area contributed by atoms with Crippen LogP contribution in [0.4, 0.5) is 0 Å². The smallest absolute Gasteiger partial charge is 0.303 e. The van der Waals surface area contributed by atoms with Crippen molar-refractivity contribution < 1.29 is 44.3 Å². The van der Waals surface area contributed by atoms with Gasteiger partial charge in [0.1, 0.15) is 30.4 Å². The molecule has 1 aliphatic heterocycles. The summed E-state index contributed by atoms with van der Waals surface area (Å²) < 4.78 is 5.47. The highest BCUT2D eigenvalue weighted by Crippen LogP contribution is 2.26. The molecule has 13 nitrogen and oxygen atoms in total. The quantitative estimate of drug-likeness (QED) is 0.194. The molecular weight excluding hydrogens is 380 g/mol. The average Bonchev–Trinajstić information content (AvgIpc) is 2.62. The third-order valence-electron chi connectivity index (χ3n) is 4.30. The summed E-state index contributed by atoms with van der Waals surface area (Å²) in [5.74, 6) is -3.84. The minimum absolute atomic E-state index is 0.383. The number of nitrogens with one attached hydrogen (secondary N) is 1. The van der Waals surface area contributed by atoms with Crippen LogP contribution < -0.4 is 16.8 Å². The molecule has 28 heavy (non-hydrogen) atoms. The van der Waals surface area contributed by atoms with Crippen molar-refractivity contribution in [3.05, 3.63) is 0 Å². The number of ether oxygens (including phenoxy) is 1. The first kappa shape index (κ1) is 23.7. The van der Waals surface area contributed by atoms with Crippen LogP contribution in [-0.2, 0) is 23.9 Å². The van der Waals surface area contributed by atoms with Crippen molar-refractivity contribution in [1.29, 1.82) is 0 Å². The van der Waals surface area contributed by atoms with Crippen LogP contribution in [0.2, 0.25) is 0 Å². The van der Waals surface area contributed by atoms with Crippen molar-refractivity contribution in [2.24, 2.45) is 11.5 Å². The van der Waals surface area contributed by atoms with E-state index in [0.717, 1.165) is 11.8 Å². The number of carbonyl (C=O) groups excluding carboxylic acids is 3. The maximum atomic E-state index is 12.5. The lowest BCUT2D eigenvalue weighted by Crippen LogP contribution is -2.71. The Morgan fingerprint density at radius 1 is 1.21 bits per heavy atom. The van der Waals surface area contributed by atoms with Crippen LogP contribution in [0.15, 0.2) is 0 Å². The second kappa shape index (κ2) is 10.3. The number of hydrogen-bond donors (Lipinski definition) is 7. The first-order valence-corrected chi connectivity index (χ1v) is 8.47. The van der Waals surface area contributed by atoms with Crippen LogP contribution in [0.1, 0.15) is 19.8 Å². The Morgan fingerprint density at radius 3 is 2.25 bits per heavy atom. The van der Waals surface area contributed by atoms with Crippen LogP contribution in [0, 0.1) is 0 Å². The van der Waals surface area contributed by atoms with E-state index in [1.54, 1.807) is 0 Å². The van der Waals surface area contributed by atoms with Gasteiger partial charge in [-0.15, -0.1) is 0 Å². The lowest BCUT2D eigenvalue weighted by Gasteiger charge is -2.48. The fraction of sp³-hybridized carbons (Fsp3) is 0.733. The molecule has 1 saturated heterocycles. The van der Waals surface area contributed by atoms with E-state index in [-0.39, 0.29) is 6.42 Å². The number of aliphatic carboxylic acids is 1. The van der Waals surface area contributed by atoms with Gasteiger partial charge in [0, 0.05) is 13.3 Å². The third-order valence-corrected chi connectivity index (χ3v) is 4.30. The summed E-state index contributed by atoms with van der Waals surface area (Å²) >= 11 is 0. The topological polar surface area (TPSA) is 226 Å². The standard InChI is InChI=1S/C15H26N4O9/c1-6(21)18-11-13(26)12(25)8(5-20)28-15(11)19(9(22)4-16)7(14(17)27)2-3-10(23)24/h7-8,11-13,15,20,25-26H,2-5,16H2,1H3,(H2,17,27)(H,18,21)(H,23,24)/t7-,8-,11-,12+,13-,15?/m1/s1. The van der Waals surface area contributed by atoms with E-state index in [4.69, 9.17) is 21.3 Å². The molecule has 1 aliphatic rings. The van der Waals surface area contributed by atoms with Crippen LogP contribution in [0.5, 0.6) is 0 Å². The van der Waals surface area contributed by atoms with Crippen LogP contribution >= 0.6 is 0 Å². The minimum Gasteiger partial charge on any atom is -0.481 e. The van der Waals surface area contributed by atoms with Crippen LogP contribution in [0.3, 0.4) is 0 Å². The zero-order chi connectivity index (χ0) is 21.6. The van der Waals surface area contributed by atoms with Crippen molar-refractivity contribution in [3.63, 3.8) is 0 Å². The Morgan fingerprint density at radius 2 is 1.82 bits per heavy atom. The summed E-state index contributed by atoms with van der Waals surface area (Å²) in [6.07, 6.45) is -7.10. The summed E-state index contributed by atoms with van der Waals surface area (Å²) in [7, 11) is 0.